The number of ether oxygens (including phenoxy) is 2. The Balaban J connectivity index is 1.57. The summed E-state index contributed by atoms with van der Waals surface area (Å²) in [6.45, 7) is 0.163. The molecule has 1 heterocycles. The number of hydrogen-bond donors (Lipinski definition) is 0. The van der Waals surface area contributed by atoms with Crippen molar-refractivity contribution >= 4 is 11.9 Å². The molecule has 0 saturated carbocycles. The van der Waals surface area contributed by atoms with Gasteiger partial charge in [0.25, 0.3) is 0 Å². The fraction of sp³-hybridized carbons (Fsp3) is 0.241. The summed E-state index contributed by atoms with van der Waals surface area (Å²) in [5.41, 5.74) is 3.47. The van der Waals surface area contributed by atoms with E-state index in [2.05, 4.69) is 12.1 Å². The van der Waals surface area contributed by atoms with Gasteiger partial charge in [0.2, 0.25) is 0 Å². The third kappa shape index (κ3) is 5.80. The minimum Gasteiger partial charge on any atom is -0.444 e. The molecule has 4 rings (SSSR count). The van der Waals surface area contributed by atoms with Crippen LogP contribution in [0.4, 0.5) is 4.79 Å². The van der Waals surface area contributed by atoms with Gasteiger partial charge in [0.05, 0.1) is 12.1 Å². The monoisotopic (exact) mass is 455 g/mol. The number of amides is 1. The molecule has 0 spiro atoms. The number of rotatable bonds is 8. The summed E-state index contributed by atoms with van der Waals surface area (Å²) >= 11 is 0. The Morgan fingerprint density at radius 3 is 2.12 bits per heavy atom. The van der Waals surface area contributed by atoms with Crippen molar-refractivity contribution in [1.29, 1.82) is 0 Å². The molecule has 1 aliphatic rings. The molecule has 0 bridgehead atoms. The van der Waals surface area contributed by atoms with E-state index >= 15 is 0 Å². The number of carbonyl (C=O) groups is 2. The Kier molecular flexibility index (Phi) is 7.89. The molecule has 5 heteroatoms. The van der Waals surface area contributed by atoms with Crippen LogP contribution in [-0.4, -0.2) is 30.0 Å². The third-order valence-corrected chi connectivity index (χ3v) is 6.08. The molecule has 0 aliphatic carbocycles. The number of aryl methyl sites for hydroxylation is 1. The lowest BCUT2D eigenvalue weighted by Gasteiger charge is -2.34. The molecule has 1 amide bonds. The molecule has 0 radical (unpaired) electrons. The van der Waals surface area contributed by atoms with Crippen LogP contribution in [0, 0.1) is 0 Å². The first-order valence-corrected chi connectivity index (χ1v) is 11.5. The number of benzene rings is 3. The number of ketones is 1. The van der Waals surface area contributed by atoms with Gasteiger partial charge in [0, 0.05) is 25.3 Å². The Morgan fingerprint density at radius 1 is 0.912 bits per heavy atom. The first-order valence-electron chi connectivity index (χ1n) is 11.5. The highest BCUT2D eigenvalue weighted by Gasteiger charge is 2.36. The van der Waals surface area contributed by atoms with Crippen LogP contribution in [0.3, 0.4) is 0 Å². The number of nitrogens with zero attached hydrogens (tertiary/aromatic N) is 1. The molecule has 34 heavy (non-hydrogen) atoms. The van der Waals surface area contributed by atoms with Crippen molar-refractivity contribution in [1.82, 2.24) is 4.90 Å². The van der Waals surface area contributed by atoms with E-state index in [4.69, 9.17) is 9.47 Å². The van der Waals surface area contributed by atoms with Crippen LogP contribution in [0.25, 0.3) is 0 Å². The maximum atomic E-state index is 13.2. The highest BCUT2D eigenvalue weighted by Crippen LogP contribution is 2.34. The van der Waals surface area contributed by atoms with Crippen molar-refractivity contribution in [2.24, 2.45) is 0 Å². The van der Waals surface area contributed by atoms with Crippen LogP contribution >= 0.6 is 0 Å². The number of methoxy groups -OCH3 is 1. The summed E-state index contributed by atoms with van der Waals surface area (Å²) in [6.07, 6.45) is 2.33. The molecule has 2 unspecified atom stereocenters. The molecule has 0 N–H and O–H groups in total. The Morgan fingerprint density at radius 2 is 1.50 bits per heavy atom. The van der Waals surface area contributed by atoms with Crippen LogP contribution < -0.4 is 0 Å². The molecule has 0 aromatic heterocycles. The highest BCUT2D eigenvalue weighted by molar-refractivity contribution is 5.98. The van der Waals surface area contributed by atoms with Gasteiger partial charge in [-0.25, -0.2) is 4.79 Å². The van der Waals surface area contributed by atoms with Crippen LogP contribution in [-0.2, 0) is 27.3 Å². The van der Waals surface area contributed by atoms with Crippen molar-refractivity contribution < 1.29 is 19.1 Å². The zero-order chi connectivity index (χ0) is 23.8. The van der Waals surface area contributed by atoms with Gasteiger partial charge in [0.1, 0.15) is 6.61 Å². The summed E-state index contributed by atoms with van der Waals surface area (Å²) in [6, 6.07) is 28.8. The van der Waals surface area contributed by atoms with Crippen molar-refractivity contribution in [3.8, 4) is 0 Å². The van der Waals surface area contributed by atoms with E-state index in [-0.39, 0.29) is 18.8 Å². The second-order valence-electron chi connectivity index (χ2n) is 8.33. The van der Waals surface area contributed by atoms with Gasteiger partial charge in [-0.3, -0.25) is 9.69 Å². The molecular formula is C29H29NO4. The summed E-state index contributed by atoms with van der Waals surface area (Å²) in [5.74, 6) is -0.0131. The van der Waals surface area contributed by atoms with Gasteiger partial charge in [0.15, 0.2) is 5.78 Å². The van der Waals surface area contributed by atoms with Gasteiger partial charge in [-0.05, 0) is 29.5 Å². The van der Waals surface area contributed by atoms with Gasteiger partial charge < -0.3 is 9.47 Å². The molecule has 5 nitrogen and oxygen atoms in total. The molecule has 0 fully saturated rings. The summed E-state index contributed by atoms with van der Waals surface area (Å²) in [7, 11) is 1.60. The predicted molar refractivity (Wildman–Crippen MR) is 131 cm³/mol. The van der Waals surface area contributed by atoms with E-state index in [9.17, 15) is 9.59 Å². The molecule has 0 saturated heterocycles. The molecule has 3 aromatic rings. The fourth-order valence-corrected chi connectivity index (χ4v) is 4.24. The van der Waals surface area contributed by atoms with Gasteiger partial charge >= 0.3 is 6.09 Å². The molecule has 174 valence electrons. The van der Waals surface area contributed by atoms with E-state index in [1.54, 1.807) is 18.2 Å². The average Bonchev–Trinajstić information content (AvgIpc) is 2.90. The van der Waals surface area contributed by atoms with Crippen LogP contribution in [0.15, 0.2) is 103 Å². The number of carbonyl (C=O) groups excluding carboxylic acids is 2. The Labute approximate surface area is 200 Å². The summed E-state index contributed by atoms with van der Waals surface area (Å²) in [4.78, 5) is 28.0. The second kappa shape index (κ2) is 11.4. The van der Waals surface area contributed by atoms with Crippen molar-refractivity contribution in [3.63, 3.8) is 0 Å². The lowest BCUT2D eigenvalue weighted by molar-refractivity contribution is -0.118. The Hall–Kier alpha value is -3.70. The smallest absolute Gasteiger partial charge is 0.414 e. The highest BCUT2D eigenvalue weighted by atomic mass is 16.6. The zero-order valence-electron chi connectivity index (χ0n) is 19.3. The van der Waals surface area contributed by atoms with Crippen LogP contribution in [0.5, 0.6) is 0 Å². The average molecular weight is 456 g/mol. The van der Waals surface area contributed by atoms with Gasteiger partial charge in [-0.1, -0.05) is 91.0 Å². The van der Waals surface area contributed by atoms with Crippen molar-refractivity contribution in [2.75, 3.05) is 7.11 Å². The van der Waals surface area contributed by atoms with E-state index in [1.165, 1.54) is 5.56 Å². The lowest BCUT2D eigenvalue weighted by atomic mass is 9.89. The SMILES string of the molecule is COC(CCc1ccccc1)C1=CN(C(=O)OCc2ccccc2)C(c2ccccc2)CC1=O. The predicted octanol–water partition coefficient (Wildman–Crippen LogP) is 5.87. The fourth-order valence-electron chi connectivity index (χ4n) is 4.24. The molecule has 2 atom stereocenters. The summed E-state index contributed by atoms with van der Waals surface area (Å²) in [5, 5.41) is 0. The molecule has 3 aromatic carbocycles. The van der Waals surface area contributed by atoms with Crippen LogP contribution in [0.1, 0.15) is 35.6 Å². The van der Waals surface area contributed by atoms with E-state index in [0.717, 1.165) is 17.5 Å². The minimum absolute atomic E-state index is 0.0131. The lowest BCUT2D eigenvalue weighted by Crippen LogP contribution is -2.39. The maximum Gasteiger partial charge on any atom is 0.414 e. The van der Waals surface area contributed by atoms with Gasteiger partial charge in [-0.15, -0.1) is 0 Å². The van der Waals surface area contributed by atoms with Gasteiger partial charge in [-0.2, -0.15) is 0 Å². The Bertz CT molecular complexity index is 1110. The number of hydrogen-bond acceptors (Lipinski definition) is 4. The maximum absolute atomic E-state index is 13.2. The third-order valence-electron chi connectivity index (χ3n) is 6.08. The van der Waals surface area contributed by atoms with Crippen molar-refractivity contribution in [2.45, 2.75) is 38.0 Å². The van der Waals surface area contributed by atoms with E-state index in [0.29, 0.717) is 12.0 Å². The normalized spacial score (nSPS) is 16.6. The summed E-state index contributed by atoms with van der Waals surface area (Å²) < 4.78 is 11.3. The van der Waals surface area contributed by atoms with Crippen molar-refractivity contribution in [3.05, 3.63) is 119 Å². The quantitative estimate of drug-likeness (QED) is 0.426. The zero-order valence-corrected chi connectivity index (χ0v) is 19.3. The standard InChI is InChI=1S/C29H29NO4/c1-33-28(18-17-22-11-5-2-6-12-22)25-20-30(29(32)34-21-23-13-7-3-8-14-23)26(19-27(25)31)24-15-9-4-10-16-24/h2-16,20,26,28H,17-19,21H2,1H3. The molecule has 1 aliphatic heterocycles. The van der Waals surface area contributed by atoms with E-state index in [1.807, 2.05) is 78.9 Å². The van der Waals surface area contributed by atoms with E-state index < -0.39 is 18.2 Å². The number of Topliss-reactive ketones (excluding diaryl/α,β-unsaturated/α-hetero) is 1. The largest absolute Gasteiger partial charge is 0.444 e. The first kappa shape index (κ1) is 23.5. The molecular weight excluding hydrogens is 426 g/mol. The topological polar surface area (TPSA) is 55.8 Å². The van der Waals surface area contributed by atoms with Crippen LogP contribution in [0.2, 0.25) is 0 Å². The first-order chi connectivity index (χ1) is 16.7. The second-order valence-corrected chi connectivity index (χ2v) is 8.33. The minimum atomic E-state index is -0.486.